The molecule has 0 bridgehead atoms. The second-order valence-electron chi connectivity index (χ2n) is 4.66. The Morgan fingerprint density at radius 2 is 2.00 bits per heavy atom. The standard InChI is InChI=1S/C15H17N3OS/c1-4-12-13(10-5-7-11(19-3)8-6-10)18-14(16)9(2)17-15(18)20-12/h5-8H,4,16H2,1-3H3. The van der Waals surface area contributed by atoms with Crippen molar-refractivity contribution < 1.29 is 4.74 Å². The number of hydrogen-bond acceptors (Lipinski definition) is 4. The summed E-state index contributed by atoms with van der Waals surface area (Å²) in [6.45, 7) is 4.10. The van der Waals surface area contributed by atoms with Crippen molar-refractivity contribution in [3.05, 3.63) is 34.8 Å². The van der Waals surface area contributed by atoms with Gasteiger partial charge in [0.25, 0.3) is 0 Å². The molecule has 1 aromatic carbocycles. The normalized spacial score (nSPS) is 11.2. The Balaban J connectivity index is 2.26. The number of hydrogen-bond donors (Lipinski definition) is 1. The van der Waals surface area contributed by atoms with Crippen molar-refractivity contribution in [3.63, 3.8) is 0 Å². The van der Waals surface area contributed by atoms with E-state index >= 15 is 0 Å². The van der Waals surface area contributed by atoms with E-state index in [2.05, 4.69) is 28.4 Å². The van der Waals surface area contributed by atoms with Gasteiger partial charge in [0.15, 0.2) is 4.96 Å². The molecule has 2 aromatic heterocycles. The summed E-state index contributed by atoms with van der Waals surface area (Å²) in [4.78, 5) is 6.79. The number of rotatable bonds is 3. The van der Waals surface area contributed by atoms with Gasteiger partial charge in [0.2, 0.25) is 0 Å². The molecule has 0 saturated carbocycles. The molecular formula is C15H17N3OS. The number of nitrogen functional groups attached to an aromatic ring is 1. The van der Waals surface area contributed by atoms with Gasteiger partial charge in [0.05, 0.1) is 18.5 Å². The van der Waals surface area contributed by atoms with E-state index in [9.17, 15) is 0 Å². The van der Waals surface area contributed by atoms with Gasteiger partial charge in [-0.25, -0.2) is 4.98 Å². The van der Waals surface area contributed by atoms with Gasteiger partial charge in [-0.1, -0.05) is 6.92 Å². The Morgan fingerprint density at radius 3 is 2.60 bits per heavy atom. The molecule has 3 aromatic rings. The van der Waals surface area contributed by atoms with E-state index in [1.807, 2.05) is 19.1 Å². The number of thiazole rings is 1. The van der Waals surface area contributed by atoms with Gasteiger partial charge < -0.3 is 10.5 Å². The van der Waals surface area contributed by atoms with Crippen molar-refractivity contribution in [2.45, 2.75) is 20.3 Å². The highest BCUT2D eigenvalue weighted by Crippen LogP contribution is 2.35. The summed E-state index contributed by atoms with van der Waals surface area (Å²) in [6, 6.07) is 8.07. The number of methoxy groups -OCH3 is 1. The second-order valence-corrected chi connectivity index (χ2v) is 5.72. The van der Waals surface area contributed by atoms with Crippen LogP contribution in [0.2, 0.25) is 0 Å². The lowest BCUT2D eigenvalue weighted by Gasteiger charge is -2.06. The zero-order valence-electron chi connectivity index (χ0n) is 11.8. The lowest BCUT2D eigenvalue weighted by Crippen LogP contribution is -1.97. The van der Waals surface area contributed by atoms with Gasteiger partial charge in [-0.05, 0) is 37.6 Å². The zero-order chi connectivity index (χ0) is 14.3. The van der Waals surface area contributed by atoms with Gasteiger partial charge in [-0.3, -0.25) is 4.40 Å². The smallest absolute Gasteiger partial charge is 0.196 e. The number of anilines is 1. The SMILES string of the molecule is CCc1sc2nc(C)c(N)n2c1-c1ccc(OC)cc1. The lowest BCUT2D eigenvalue weighted by molar-refractivity contribution is 0.415. The predicted molar refractivity (Wildman–Crippen MR) is 83.6 cm³/mol. The van der Waals surface area contributed by atoms with E-state index in [1.165, 1.54) is 4.88 Å². The fourth-order valence-corrected chi connectivity index (χ4v) is 3.50. The fourth-order valence-electron chi connectivity index (χ4n) is 2.36. The maximum Gasteiger partial charge on any atom is 0.196 e. The topological polar surface area (TPSA) is 52.5 Å². The molecule has 2 heterocycles. The molecule has 0 fully saturated rings. The third-order valence-corrected chi connectivity index (χ3v) is 4.64. The zero-order valence-corrected chi connectivity index (χ0v) is 12.6. The molecule has 20 heavy (non-hydrogen) atoms. The van der Waals surface area contributed by atoms with Crippen LogP contribution in [0.5, 0.6) is 5.75 Å². The number of benzene rings is 1. The molecule has 0 saturated heterocycles. The molecule has 0 unspecified atom stereocenters. The van der Waals surface area contributed by atoms with Crippen LogP contribution in [0.25, 0.3) is 16.2 Å². The molecule has 3 rings (SSSR count). The van der Waals surface area contributed by atoms with Gasteiger partial charge in [0, 0.05) is 10.4 Å². The summed E-state index contributed by atoms with van der Waals surface area (Å²) >= 11 is 1.70. The molecule has 0 atom stereocenters. The van der Waals surface area contributed by atoms with Crippen molar-refractivity contribution >= 4 is 22.1 Å². The van der Waals surface area contributed by atoms with Crippen molar-refractivity contribution in [1.82, 2.24) is 9.38 Å². The van der Waals surface area contributed by atoms with Crippen LogP contribution in [0.1, 0.15) is 17.5 Å². The van der Waals surface area contributed by atoms with E-state index in [-0.39, 0.29) is 0 Å². The Bertz CT molecular complexity index is 756. The first-order valence-corrected chi connectivity index (χ1v) is 7.38. The molecule has 0 spiro atoms. The molecule has 0 aliphatic carbocycles. The molecule has 0 aliphatic rings. The van der Waals surface area contributed by atoms with Crippen molar-refractivity contribution in [2.75, 3.05) is 12.8 Å². The summed E-state index contributed by atoms with van der Waals surface area (Å²) in [7, 11) is 1.67. The molecule has 104 valence electrons. The van der Waals surface area contributed by atoms with Crippen LogP contribution in [-0.2, 0) is 6.42 Å². The average Bonchev–Trinajstić information content (AvgIpc) is 2.96. The molecular weight excluding hydrogens is 270 g/mol. The van der Waals surface area contributed by atoms with Crippen LogP contribution >= 0.6 is 11.3 Å². The monoisotopic (exact) mass is 287 g/mol. The third kappa shape index (κ3) is 1.86. The van der Waals surface area contributed by atoms with E-state index < -0.39 is 0 Å². The quantitative estimate of drug-likeness (QED) is 0.802. The maximum atomic E-state index is 6.18. The summed E-state index contributed by atoms with van der Waals surface area (Å²) < 4.78 is 7.27. The van der Waals surface area contributed by atoms with Gasteiger partial charge in [-0.15, -0.1) is 11.3 Å². The average molecular weight is 287 g/mol. The van der Waals surface area contributed by atoms with E-state index in [0.29, 0.717) is 0 Å². The van der Waals surface area contributed by atoms with Crippen LogP contribution in [0.15, 0.2) is 24.3 Å². The number of fused-ring (bicyclic) bond motifs is 1. The highest BCUT2D eigenvalue weighted by atomic mass is 32.1. The van der Waals surface area contributed by atoms with Crippen molar-refractivity contribution in [1.29, 1.82) is 0 Å². The second kappa shape index (κ2) is 4.83. The predicted octanol–water partition coefficient (Wildman–Crippen LogP) is 3.52. The van der Waals surface area contributed by atoms with Gasteiger partial charge in [0.1, 0.15) is 11.6 Å². The highest BCUT2D eigenvalue weighted by Gasteiger charge is 2.17. The first-order chi connectivity index (χ1) is 9.65. The minimum Gasteiger partial charge on any atom is -0.497 e. The molecule has 5 heteroatoms. The summed E-state index contributed by atoms with van der Waals surface area (Å²) in [5.41, 5.74) is 9.35. The van der Waals surface area contributed by atoms with Crippen LogP contribution in [-0.4, -0.2) is 16.5 Å². The highest BCUT2D eigenvalue weighted by molar-refractivity contribution is 7.17. The number of imidazole rings is 1. The Hall–Kier alpha value is -2.01. The van der Waals surface area contributed by atoms with Gasteiger partial charge in [-0.2, -0.15) is 0 Å². The van der Waals surface area contributed by atoms with Crippen LogP contribution in [0, 0.1) is 6.92 Å². The number of aryl methyl sites for hydroxylation is 2. The Labute approximate surface area is 121 Å². The van der Waals surface area contributed by atoms with Crippen molar-refractivity contribution in [2.24, 2.45) is 0 Å². The summed E-state index contributed by atoms with van der Waals surface area (Å²) in [6.07, 6.45) is 0.966. The largest absolute Gasteiger partial charge is 0.497 e. The van der Waals surface area contributed by atoms with Crippen LogP contribution < -0.4 is 10.5 Å². The minimum absolute atomic E-state index is 0.724. The maximum absolute atomic E-state index is 6.18. The first kappa shape index (κ1) is 13.0. The molecule has 4 nitrogen and oxygen atoms in total. The third-order valence-electron chi connectivity index (χ3n) is 3.45. The van der Waals surface area contributed by atoms with Crippen molar-refractivity contribution in [3.8, 4) is 17.0 Å². The van der Waals surface area contributed by atoms with Crippen LogP contribution in [0.4, 0.5) is 5.82 Å². The number of nitrogens with zero attached hydrogens (tertiary/aromatic N) is 2. The fraction of sp³-hybridized carbons (Fsp3) is 0.267. The number of nitrogens with two attached hydrogens (primary N) is 1. The van der Waals surface area contributed by atoms with Crippen LogP contribution in [0.3, 0.4) is 0 Å². The van der Waals surface area contributed by atoms with E-state index in [4.69, 9.17) is 10.5 Å². The molecule has 0 radical (unpaired) electrons. The first-order valence-electron chi connectivity index (χ1n) is 6.56. The molecule has 2 N–H and O–H groups in total. The lowest BCUT2D eigenvalue weighted by atomic mass is 10.1. The number of ether oxygens (including phenoxy) is 1. The molecule has 0 aliphatic heterocycles. The minimum atomic E-state index is 0.724. The molecule has 0 amide bonds. The summed E-state index contributed by atoms with van der Waals surface area (Å²) in [5.74, 6) is 1.58. The summed E-state index contributed by atoms with van der Waals surface area (Å²) in [5, 5.41) is 0. The van der Waals surface area contributed by atoms with Gasteiger partial charge >= 0.3 is 0 Å². The Morgan fingerprint density at radius 1 is 1.30 bits per heavy atom. The van der Waals surface area contributed by atoms with E-state index in [0.717, 1.165) is 39.9 Å². The number of aromatic nitrogens is 2. The Kier molecular flexibility index (Phi) is 3.14. The van der Waals surface area contributed by atoms with E-state index in [1.54, 1.807) is 18.4 Å².